The molecule has 4 aromatic rings. The topological polar surface area (TPSA) is 142 Å². The molecule has 2 fully saturated rings. The number of carbonyl (C=O) groups is 2. The van der Waals surface area contributed by atoms with Gasteiger partial charge in [0.15, 0.2) is 0 Å². The molecule has 0 amide bonds. The van der Waals surface area contributed by atoms with Crippen molar-refractivity contribution in [3.63, 3.8) is 0 Å². The smallest absolute Gasteiger partial charge is 0.320 e. The van der Waals surface area contributed by atoms with Crippen LogP contribution < -0.4 is 14.2 Å². The molecule has 6 rings (SSSR count). The molecule has 3 aromatic carbocycles. The van der Waals surface area contributed by atoms with Gasteiger partial charge in [0.1, 0.15) is 36.5 Å². The Morgan fingerprint density at radius 2 is 1.64 bits per heavy atom. The van der Waals surface area contributed by atoms with Crippen LogP contribution in [0.3, 0.4) is 0 Å². The minimum Gasteiger partial charge on any atom is -0.493 e. The SMILES string of the molecule is Cc1cncc(COc2cc(OCc3cccc(-c4cccc(OCCCN5CCC(O)(CC(=O)O)C5)c4C)c3C)c(Cl)cc2CN2CCCC[C@H]2C(=O)O)c1. The summed E-state index contributed by atoms with van der Waals surface area (Å²) < 4.78 is 19.0. The quantitative estimate of drug-likeness (QED) is 0.0912. The van der Waals surface area contributed by atoms with E-state index in [0.29, 0.717) is 62.1 Å². The maximum absolute atomic E-state index is 12.1. The molecule has 56 heavy (non-hydrogen) atoms. The number of piperidine rings is 1. The van der Waals surface area contributed by atoms with Crippen LogP contribution in [0.2, 0.25) is 5.02 Å². The van der Waals surface area contributed by atoms with E-state index in [-0.39, 0.29) is 19.6 Å². The van der Waals surface area contributed by atoms with Crippen LogP contribution in [0, 0.1) is 20.8 Å². The normalized spacial score (nSPS) is 18.8. The number of aliphatic carboxylic acids is 2. The van der Waals surface area contributed by atoms with Crippen LogP contribution in [0.25, 0.3) is 11.1 Å². The standard InChI is InChI=1S/C44H52ClN3O8/c1-29-19-32(24-46-23-29)26-55-40-21-41(37(45)20-34(40)25-48-16-5-4-12-38(48)43(51)52)56-27-33-9-6-10-35(30(33)2)36-11-7-13-39(31(36)3)54-18-8-15-47-17-14-44(53,28-47)22-42(49)50/h6-7,9-11,13,19-21,23-24,38,53H,4-5,8,12,14-18,22,25-28H2,1-3H3,(H,49,50)(H,51,52)/t38-,44?/m0/s1. The van der Waals surface area contributed by atoms with Gasteiger partial charge in [-0.15, -0.1) is 0 Å². The summed E-state index contributed by atoms with van der Waals surface area (Å²) in [7, 11) is 0. The monoisotopic (exact) mass is 785 g/mol. The number of β-amino-alcohol motifs (C(OH)–C–C–N with tert-alkyl or cyclic N) is 1. The summed E-state index contributed by atoms with van der Waals surface area (Å²) in [5, 5.41) is 30.0. The van der Waals surface area contributed by atoms with Gasteiger partial charge < -0.3 is 34.4 Å². The Bertz CT molecular complexity index is 2020. The van der Waals surface area contributed by atoms with Gasteiger partial charge in [0.25, 0.3) is 0 Å². The molecule has 0 radical (unpaired) electrons. The van der Waals surface area contributed by atoms with Crippen LogP contribution in [0.5, 0.6) is 17.2 Å². The molecule has 1 unspecified atom stereocenters. The number of carboxylic acid groups (broad SMARTS) is 2. The van der Waals surface area contributed by atoms with E-state index >= 15 is 0 Å². The Hall–Kier alpha value is -4.68. The van der Waals surface area contributed by atoms with Crippen molar-refractivity contribution in [1.29, 1.82) is 0 Å². The van der Waals surface area contributed by atoms with E-state index in [1.807, 2.05) is 54.3 Å². The molecule has 2 aliphatic rings. The van der Waals surface area contributed by atoms with E-state index in [9.17, 15) is 19.8 Å². The molecular weight excluding hydrogens is 734 g/mol. The molecule has 12 heteroatoms. The third kappa shape index (κ3) is 10.4. The number of rotatable bonds is 17. The van der Waals surface area contributed by atoms with E-state index in [1.54, 1.807) is 12.4 Å². The highest BCUT2D eigenvalue weighted by Gasteiger charge is 2.37. The van der Waals surface area contributed by atoms with Crippen molar-refractivity contribution in [3.05, 3.63) is 105 Å². The van der Waals surface area contributed by atoms with Crippen LogP contribution in [0.1, 0.15) is 71.9 Å². The predicted molar refractivity (Wildman–Crippen MR) is 214 cm³/mol. The van der Waals surface area contributed by atoms with Gasteiger partial charge in [-0.05, 0) is 105 Å². The van der Waals surface area contributed by atoms with E-state index in [4.69, 9.17) is 30.9 Å². The number of aliphatic hydroxyl groups is 1. The number of carboxylic acids is 2. The molecule has 1 aromatic heterocycles. The molecule has 2 atom stereocenters. The second kappa shape index (κ2) is 18.5. The molecule has 298 valence electrons. The van der Waals surface area contributed by atoms with Crippen LogP contribution in [0.15, 0.2) is 67.0 Å². The number of aryl methyl sites for hydroxylation is 1. The lowest BCUT2D eigenvalue weighted by molar-refractivity contribution is -0.145. The Morgan fingerprint density at radius 1 is 0.875 bits per heavy atom. The summed E-state index contributed by atoms with van der Waals surface area (Å²) in [6.07, 6.45) is 6.96. The number of halogens is 1. The number of hydrogen-bond donors (Lipinski definition) is 3. The Labute approximate surface area is 333 Å². The molecule has 11 nitrogen and oxygen atoms in total. The fourth-order valence-corrected chi connectivity index (χ4v) is 8.10. The number of hydrogen-bond acceptors (Lipinski definition) is 9. The number of pyridine rings is 1. The van der Waals surface area contributed by atoms with Gasteiger partial charge in [0, 0.05) is 55.8 Å². The van der Waals surface area contributed by atoms with Crippen molar-refractivity contribution < 1.29 is 39.1 Å². The van der Waals surface area contributed by atoms with Crippen molar-refractivity contribution in [3.8, 4) is 28.4 Å². The molecule has 2 aliphatic heterocycles. The van der Waals surface area contributed by atoms with Crippen molar-refractivity contribution >= 4 is 23.5 Å². The molecular formula is C44H52ClN3O8. The van der Waals surface area contributed by atoms with Gasteiger partial charge in [-0.1, -0.05) is 48.4 Å². The van der Waals surface area contributed by atoms with Crippen molar-refractivity contribution in [2.24, 2.45) is 0 Å². The highest BCUT2D eigenvalue weighted by atomic mass is 35.5. The highest BCUT2D eigenvalue weighted by Crippen LogP contribution is 2.37. The lowest BCUT2D eigenvalue weighted by Crippen LogP contribution is -2.44. The maximum atomic E-state index is 12.1. The Kier molecular flexibility index (Phi) is 13.5. The summed E-state index contributed by atoms with van der Waals surface area (Å²) >= 11 is 6.87. The summed E-state index contributed by atoms with van der Waals surface area (Å²) in [5.41, 5.74) is 6.79. The zero-order valence-corrected chi connectivity index (χ0v) is 33.2. The average molecular weight is 786 g/mol. The van der Waals surface area contributed by atoms with Gasteiger partial charge in [0.05, 0.1) is 23.7 Å². The minimum absolute atomic E-state index is 0.237. The van der Waals surface area contributed by atoms with Gasteiger partial charge in [-0.3, -0.25) is 19.5 Å². The Morgan fingerprint density at radius 3 is 2.41 bits per heavy atom. The van der Waals surface area contributed by atoms with E-state index < -0.39 is 23.6 Å². The number of likely N-dealkylation sites (tertiary alicyclic amines) is 2. The molecule has 0 bridgehead atoms. The summed E-state index contributed by atoms with van der Waals surface area (Å²) in [6.45, 7) is 9.98. The van der Waals surface area contributed by atoms with Crippen LogP contribution in [-0.2, 0) is 29.3 Å². The lowest BCUT2D eigenvalue weighted by Gasteiger charge is -2.33. The van der Waals surface area contributed by atoms with Crippen molar-refractivity contribution in [2.75, 3.05) is 32.8 Å². The zero-order valence-electron chi connectivity index (χ0n) is 32.4. The number of aromatic nitrogens is 1. The first-order chi connectivity index (χ1) is 26.9. The minimum atomic E-state index is -1.16. The van der Waals surface area contributed by atoms with Crippen LogP contribution >= 0.6 is 11.6 Å². The second-order valence-electron chi connectivity index (χ2n) is 15.2. The maximum Gasteiger partial charge on any atom is 0.320 e. The van der Waals surface area contributed by atoms with Gasteiger partial charge in [-0.25, -0.2) is 0 Å². The Balaban J connectivity index is 1.14. The highest BCUT2D eigenvalue weighted by molar-refractivity contribution is 6.32. The lowest BCUT2D eigenvalue weighted by atomic mass is 9.93. The number of nitrogens with zero attached hydrogens (tertiary/aromatic N) is 3. The fourth-order valence-electron chi connectivity index (χ4n) is 7.86. The third-order valence-corrected chi connectivity index (χ3v) is 11.2. The summed E-state index contributed by atoms with van der Waals surface area (Å²) in [4.78, 5) is 31.6. The largest absolute Gasteiger partial charge is 0.493 e. The summed E-state index contributed by atoms with van der Waals surface area (Å²) in [5.74, 6) is 0.0522. The van der Waals surface area contributed by atoms with Gasteiger partial charge >= 0.3 is 11.9 Å². The fraction of sp³-hybridized carbons (Fsp3) is 0.432. The van der Waals surface area contributed by atoms with E-state index in [1.165, 1.54) is 0 Å². The average Bonchev–Trinajstić information content (AvgIpc) is 3.53. The summed E-state index contributed by atoms with van der Waals surface area (Å²) in [6, 6.07) is 17.3. The number of ether oxygens (including phenoxy) is 3. The predicted octanol–water partition coefficient (Wildman–Crippen LogP) is 7.60. The first-order valence-electron chi connectivity index (χ1n) is 19.3. The first-order valence-corrected chi connectivity index (χ1v) is 19.7. The van der Waals surface area contributed by atoms with Gasteiger partial charge in [-0.2, -0.15) is 0 Å². The van der Waals surface area contributed by atoms with Crippen molar-refractivity contribution in [1.82, 2.24) is 14.8 Å². The molecule has 3 N–H and O–H groups in total. The molecule has 0 saturated carbocycles. The van der Waals surface area contributed by atoms with Crippen LogP contribution in [0.4, 0.5) is 0 Å². The molecule has 3 heterocycles. The molecule has 2 saturated heterocycles. The van der Waals surface area contributed by atoms with E-state index in [2.05, 4.69) is 35.9 Å². The zero-order chi connectivity index (χ0) is 39.8. The van der Waals surface area contributed by atoms with E-state index in [0.717, 1.165) is 76.1 Å². The van der Waals surface area contributed by atoms with Gasteiger partial charge in [0.2, 0.25) is 0 Å². The number of benzene rings is 3. The van der Waals surface area contributed by atoms with Crippen LogP contribution in [-0.4, -0.2) is 86.5 Å². The van der Waals surface area contributed by atoms with Crippen molar-refractivity contribution in [2.45, 2.75) is 90.7 Å². The molecule has 0 aliphatic carbocycles. The second-order valence-corrected chi connectivity index (χ2v) is 15.6. The molecule has 0 spiro atoms. The third-order valence-electron chi connectivity index (χ3n) is 10.9. The first kappa shape index (κ1) is 41.0.